The predicted octanol–water partition coefficient (Wildman–Crippen LogP) is 4.54. The molecule has 0 spiro atoms. The summed E-state index contributed by atoms with van der Waals surface area (Å²) in [5.41, 5.74) is 2.68. The molecule has 0 atom stereocenters. The van der Waals surface area contributed by atoms with E-state index in [-0.39, 0.29) is 11.5 Å². The summed E-state index contributed by atoms with van der Waals surface area (Å²) in [6.45, 7) is 1.92. The second kappa shape index (κ2) is 8.77. The van der Waals surface area contributed by atoms with Crippen molar-refractivity contribution in [2.24, 2.45) is 0 Å². The third-order valence-electron chi connectivity index (χ3n) is 3.99. The Morgan fingerprint density at radius 2 is 1.61 bits per heavy atom. The topological polar surface area (TPSA) is 58.2 Å². The van der Waals surface area contributed by atoms with Crippen molar-refractivity contribution in [2.75, 3.05) is 5.32 Å². The predicted molar refractivity (Wildman–Crippen MR) is 108 cm³/mol. The highest BCUT2D eigenvalue weighted by Gasteiger charge is 2.15. The van der Waals surface area contributed by atoms with Gasteiger partial charge < -0.3 is 10.6 Å². The van der Waals surface area contributed by atoms with E-state index in [1.165, 1.54) is 30.3 Å². The summed E-state index contributed by atoms with van der Waals surface area (Å²) >= 11 is 0. The average molecular weight is 374 g/mol. The number of carbonyl (C=O) groups excluding carboxylic acids is 2. The zero-order chi connectivity index (χ0) is 19.9. The van der Waals surface area contributed by atoms with Crippen molar-refractivity contribution in [3.63, 3.8) is 0 Å². The van der Waals surface area contributed by atoms with Gasteiger partial charge >= 0.3 is 0 Å². The second-order valence-corrected chi connectivity index (χ2v) is 6.25. The number of carbonyl (C=O) groups is 2. The van der Waals surface area contributed by atoms with E-state index in [1.54, 1.807) is 36.4 Å². The Kier molecular flexibility index (Phi) is 5.97. The van der Waals surface area contributed by atoms with Gasteiger partial charge in [0, 0.05) is 11.3 Å². The number of anilines is 1. The van der Waals surface area contributed by atoms with Gasteiger partial charge in [0.2, 0.25) is 0 Å². The minimum atomic E-state index is -0.473. The Morgan fingerprint density at radius 3 is 2.29 bits per heavy atom. The van der Waals surface area contributed by atoms with Crippen LogP contribution in [0.3, 0.4) is 0 Å². The van der Waals surface area contributed by atoms with Crippen molar-refractivity contribution in [3.8, 4) is 0 Å². The molecule has 0 unspecified atom stereocenters. The molecule has 3 rings (SSSR count). The fourth-order valence-electron chi connectivity index (χ4n) is 2.59. The molecule has 0 bridgehead atoms. The lowest BCUT2D eigenvalue weighted by Gasteiger charge is -2.12. The minimum Gasteiger partial charge on any atom is -0.321 e. The molecule has 0 aromatic heterocycles. The summed E-state index contributed by atoms with van der Waals surface area (Å²) in [7, 11) is 0. The smallest absolute Gasteiger partial charge is 0.272 e. The zero-order valence-electron chi connectivity index (χ0n) is 15.3. The molecule has 0 aliphatic heterocycles. The Balaban J connectivity index is 1.88. The number of halogens is 1. The van der Waals surface area contributed by atoms with Gasteiger partial charge in [0.1, 0.15) is 11.5 Å². The molecule has 0 aliphatic rings. The van der Waals surface area contributed by atoms with Crippen molar-refractivity contribution in [2.45, 2.75) is 6.92 Å². The van der Waals surface area contributed by atoms with E-state index in [0.717, 1.165) is 5.56 Å². The van der Waals surface area contributed by atoms with Crippen LogP contribution in [0, 0.1) is 12.7 Å². The summed E-state index contributed by atoms with van der Waals surface area (Å²) in [6, 6.07) is 21.6. The maximum atomic E-state index is 13.2. The van der Waals surface area contributed by atoms with E-state index >= 15 is 0 Å². The highest BCUT2D eigenvalue weighted by Crippen LogP contribution is 2.13. The van der Waals surface area contributed by atoms with Crippen molar-refractivity contribution in [3.05, 3.63) is 107 Å². The summed E-state index contributed by atoms with van der Waals surface area (Å²) < 4.78 is 13.2. The number of aryl methyl sites for hydroxylation is 1. The molecule has 3 aromatic carbocycles. The fourth-order valence-corrected chi connectivity index (χ4v) is 2.59. The van der Waals surface area contributed by atoms with Crippen molar-refractivity contribution < 1.29 is 14.0 Å². The van der Waals surface area contributed by atoms with Crippen LogP contribution in [0.2, 0.25) is 0 Å². The van der Waals surface area contributed by atoms with Crippen LogP contribution in [0.15, 0.2) is 84.6 Å². The summed E-state index contributed by atoms with van der Waals surface area (Å²) in [4.78, 5) is 25.3. The summed E-state index contributed by atoms with van der Waals surface area (Å²) in [5.74, 6) is -1.26. The fraction of sp³-hybridized carbons (Fsp3) is 0.0435. The number of amides is 2. The summed E-state index contributed by atoms with van der Waals surface area (Å²) in [5, 5.41) is 5.42. The molecule has 0 saturated heterocycles. The van der Waals surface area contributed by atoms with Gasteiger partial charge in [-0.15, -0.1) is 0 Å². The van der Waals surface area contributed by atoms with Crippen LogP contribution in [0.5, 0.6) is 0 Å². The van der Waals surface area contributed by atoms with E-state index < -0.39 is 11.8 Å². The standard InChI is InChI=1S/C23H19FN2O2/c1-16-6-5-9-20(14-16)25-23(28)21(15-17-10-12-19(24)13-11-17)26-22(27)18-7-3-2-4-8-18/h2-15H,1H3,(H,25,28)(H,26,27). The molecule has 4 nitrogen and oxygen atoms in total. The minimum absolute atomic E-state index is 0.0574. The zero-order valence-corrected chi connectivity index (χ0v) is 15.3. The van der Waals surface area contributed by atoms with E-state index in [4.69, 9.17) is 0 Å². The number of hydrogen-bond donors (Lipinski definition) is 2. The molecule has 0 saturated carbocycles. The Hall–Kier alpha value is -3.73. The average Bonchev–Trinajstić information content (AvgIpc) is 2.69. The van der Waals surface area contributed by atoms with Crippen LogP contribution < -0.4 is 10.6 Å². The molecular formula is C23H19FN2O2. The first-order chi connectivity index (χ1) is 13.5. The molecule has 3 aromatic rings. The molecule has 0 heterocycles. The van der Waals surface area contributed by atoms with Gasteiger partial charge in [0.05, 0.1) is 0 Å². The SMILES string of the molecule is Cc1cccc(NC(=O)C(=Cc2ccc(F)cc2)NC(=O)c2ccccc2)c1. The molecule has 140 valence electrons. The number of nitrogens with one attached hydrogen (secondary N) is 2. The number of benzene rings is 3. The van der Waals surface area contributed by atoms with E-state index in [2.05, 4.69) is 10.6 Å². The first-order valence-electron chi connectivity index (χ1n) is 8.73. The van der Waals surface area contributed by atoms with Gasteiger partial charge in [0.25, 0.3) is 11.8 Å². The first kappa shape index (κ1) is 19.0. The van der Waals surface area contributed by atoms with Gasteiger partial charge in [-0.1, -0.05) is 42.5 Å². The lowest BCUT2D eigenvalue weighted by molar-refractivity contribution is -0.113. The molecule has 2 N–H and O–H groups in total. The maximum absolute atomic E-state index is 13.2. The van der Waals surface area contributed by atoms with Gasteiger partial charge in [0.15, 0.2) is 0 Å². The normalized spacial score (nSPS) is 11.0. The highest BCUT2D eigenvalue weighted by molar-refractivity contribution is 6.10. The molecule has 2 amide bonds. The summed E-state index contributed by atoms with van der Waals surface area (Å²) in [6.07, 6.45) is 1.51. The number of rotatable bonds is 5. The Bertz CT molecular complexity index is 1010. The lowest BCUT2D eigenvalue weighted by Crippen LogP contribution is -2.30. The van der Waals surface area contributed by atoms with Crippen LogP contribution in [0.4, 0.5) is 10.1 Å². The quantitative estimate of drug-likeness (QED) is 0.644. The first-order valence-corrected chi connectivity index (χ1v) is 8.73. The Morgan fingerprint density at radius 1 is 0.893 bits per heavy atom. The van der Waals surface area contributed by atoms with Gasteiger partial charge in [-0.3, -0.25) is 9.59 Å². The van der Waals surface area contributed by atoms with E-state index in [0.29, 0.717) is 16.8 Å². The molecule has 0 radical (unpaired) electrons. The van der Waals surface area contributed by atoms with Crippen molar-refractivity contribution in [1.29, 1.82) is 0 Å². The highest BCUT2D eigenvalue weighted by atomic mass is 19.1. The molecule has 0 fully saturated rings. The third-order valence-corrected chi connectivity index (χ3v) is 3.99. The van der Waals surface area contributed by atoms with Gasteiger partial charge in [-0.2, -0.15) is 0 Å². The van der Waals surface area contributed by atoms with Gasteiger partial charge in [-0.05, 0) is 60.5 Å². The van der Waals surface area contributed by atoms with E-state index in [9.17, 15) is 14.0 Å². The molecule has 0 aliphatic carbocycles. The van der Waals surface area contributed by atoms with Crippen LogP contribution >= 0.6 is 0 Å². The van der Waals surface area contributed by atoms with Crippen molar-refractivity contribution >= 4 is 23.6 Å². The second-order valence-electron chi connectivity index (χ2n) is 6.25. The maximum Gasteiger partial charge on any atom is 0.272 e. The monoisotopic (exact) mass is 374 g/mol. The van der Waals surface area contributed by atoms with Crippen LogP contribution in [0.1, 0.15) is 21.5 Å². The van der Waals surface area contributed by atoms with Crippen LogP contribution in [-0.2, 0) is 4.79 Å². The third kappa shape index (κ3) is 5.14. The Labute approximate surface area is 162 Å². The van der Waals surface area contributed by atoms with Crippen LogP contribution in [0.25, 0.3) is 6.08 Å². The van der Waals surface area contributed by atoms with E-state index in [1.807, 2.05) is 25.1 Å². The number of hydrogen-bond acceptors (Lipinski definition) is 2. The molecular weight excluding hydrogens is 355 g/mol. The largest absolute Gasteiger partial charge is 0.321 e. The van der Waals surface area contributed by atoms with Gasteiger partial charge in [-0.25, -0.2) is 4.39 Å². The molecule has 28 heavy (non-hydrogen) atoms. The van der Waals surface area contributed by atoms with Crippen LogP contribution in [-0.4, -0.2) is 11.8 Å². The molecule has 5 heteroatoms. The lowest BCUT2D eigenvalue weighted by atomic mass is 10.1. The van der Waals surface area contributed by atoms with Crippen molar-refractivity contribution in [1.82, 2.24) is 5.32 Å².